The van der Waals surface area contributed by atoms with Gasteiger partial charge in [-0.1, -0.05) is 30.3 Å². The lowest BCUT2D eigenvalue weighted by Crippen LogP contribution is -2.31. The van der Waals surface area contributed by atoms with Crippen molar-refractivity contribution in [3.63, 3.8) is 0 Å². The van der Waals surface area contributed by atoms with Crippen LogP contribution < -0.4 is 4.72 Å². The number of nitrogens with zero attached hydrogens (tertiary/aromatic N) is 3. The van der Waals surface area contributed by atoms with Gasteiger partial charge in [0.15, 0.2) is 5.82 Å². The number of H-pyrrole nitrogens is 1. The van der Waals surface area contributed by atoms with Crippen molar-refractivity contribution in [1.82, 2.24) is 19.9 Å². The minimum Gasteiger partial charge on any atom is -0.263 e. The number of hydrogen-bond acceptors (Lipinski definition) is 6. The van der Waals surface area contributed by atoms with Gasteiger partial charge in [-0.3, -0.25) is 15.2 Å². The molecule has 0 radical (unpaired) electrons. The second-order valence-electron chi connectivity index (χ2n) is 6.39. The number of nitrogens with one attached hydrogen (secondary N) is 2. The fourth-order valence-corrected chi connectivity index (χ4v) is 4.33. The number of aromatic nitrogens is 3. The molecule has 1 atom stereocenters. The van der Waals surface area contributed by atoms with Crippen molar-refractivity contribution in [2.75, 3.05) is 0 Å². The number of non-ortho nitro benzene ring substituents is 1. The molecule has 2 aromatic carbocycles. The number of rotatable bonds is 6. The summed E-state index contributed by atoms with van der Waals surface area (Å²) in [7, 11) is -4.10. The Labute approximate surface area is 162 Å². The minimum absolute atomic E-state index is 0.146. The lowest BCUT2D eigenvalue weighted by molar-refractivity contribution is -0.385. The van der Waals surface area contributed by atoms with Crippen LogP contribution in [0.15, 0.2) is 47.4 Å². The monoisotopic (exact) mass is 401 g/mol. The molecule has 0 saturated heterocycles. The third-order valence-electron chi connectivity index (χ3n) is 4.38. The number of aryl methyl sites for hydroxylation is 2. The van der Waals surface area contributed by atoms with Crippen LogP contribution in [0.3, 0.4) is 0 Å². The van der Waals surface area contributed by atoms with Gasteiger partial charge in [0, 0.05) is 12.1 Å². The Kier molecular flexibility index (Phi) is 5.25. The molecule has 10 heteroatoms. The van der Waals surface area contributed by atoms with Crippen LogP contribution in [0.4, 0.5) is 5.69 Å². The molecule has 0 amide bonds. The summed E-state index contributed by atoms with van der Waals surface area (Å²) in [5.41, 5.74) is 1.31. The van der Waals surface area contributed by atoms with Crippen molar-refractivity contribution in [1.29, 1.82) is 0 Å². The second-order valence-corrected chi connectivity index (χ2v) is 8.07. The van der Waals surface area contributed by atoms with Gasteiger partial charge in [0.1, 0.15) is 11.9 Å². The number of aromatic amines is 1. The molecule has 1 aromatic heterocycles. The number of sulfonamides is 1. The Morgan fingerprint density at radius 2 is 1.82 bits per heavy atom. The van der Waals surface area contributed by atoms with Gasteiger partial charge in [0.2, 0.25) is 10.0 Å². The summed E-state index contributed by atoms with van der Waals surface area (Å²) in [5, 5.41) is 18.0. The van der Waals surface area contributed by atoms with Crippen molar-refractivity contribution in [3.8, 4) is 0 Å². The molecule has 0 fully saturated rings. The number of nitro groups is 1. The molecule has 3 aromatic rings. The predicted molar refractivity (Wildman–Crippen MR) is 102 cm³/mol. The van der Waals surface area contributed by atoms with Crippen molar-refractivity contribution >= 4 is 15.7 Å². The maximum atomic E-state index is 13.1. The first-order valence-electron chi connectivity index (χ1n) is 8.41. The first-order valence-corrected chi connectivity index (χ1v) is 9.89. The van der Waals surface area contributed by atoms with Crippen LogP contribution in [0, 0.1) is 30.9 Å². The molecular weight excluding hydrogens is 382 g/mol. The zero-order valence-electron chi connectivity index (χ0n) is 15.5. The summed E-state index contributed by atoms with van der Waals surface area (Å²) >= 11 is 0. The Morgan fingerprint density at radius 1 is 1.14 bits per heavy atom. The van der Waals surface area contributed by atoms with Crippen molar-refractivity contribution in [2.45, 2.75) is 31.7 Å². The Balaban J connectivity index is 2.09. The molecule has 0 aliphatic heterocycles. The van der Waals surface area contributed by atoms with Gasteiger partial charge in [-0.05, 0) is 37.5 Å². The fourth-order valence-electron chi connectivity index (χ4n) is 2.82. The average Bonchev–Trinajstić information content (AvgIpc) is 3.08. The van der Waals surface area contributed by atoms with Crippen LogP contribution in [0.1, 0.15) is 34.4 Å². The van der Waals surface area contributed by atoms with E-state index in [9.17, 15) is 18.5 Å². The molecule has 146 valence electrons. The Bertz CT molecular complexity index is 1130. The first kappa shape index (κ1) is 19.6. The van der Waals surface area contributed by atoms with E-state index in [-0.39, 0.29) is 16.4 Å². The van der Waals surface area contributed by atoms with E-state index < -0.39 is 21.0 Å². The third-order valence-corrected chi connectivity index (χ3v) is 5.93. The zero-order chi connectivity index (χ0) is 20.5. The molecule has 28 heavy (non-hydrogen) atoms. The van der Waals surface area contributed by atoms with Gasteiger partial charge < -0.3 is 0 Å². The molecular formula is C18H19N5O4S. The van der Waals surface area contributed by atoms with Crippen molar-refractivity contribution in [2.24, 2.45) is 0 Å². The summed E-state index contributed by atoms with van der Waals surface area (Å²) in [6, 6.07) is 10.4. The summed E-state index contributed by atoms with van der Waals surface area (Å²) in [5.74, 6) is 0.796. The zero-order valence-corrected chi connectivity index (χ0v) is 16.3. The minimum atomic E-state index is -4.10. The normalized spacial score (nSPS) is 12.7. The largest absolute Gasteiger partial charge is 0.271 e. The van der Waals surface area contributed by atoms with Gasteiger partial charge in [-0.25, -0.2) is 13.4 Å². The van der Waals surface area contributed by atoms with Gasteiger partial charge in [0.05, 0.1) is 9.82 Å². The van der Waals surface area contributed by atoms with E-state index in [0.717, 1.165) is 6.07 Å². The highest BCUT2D eigenvalue weighted by atomic mass is 32.2. The van der Waals surface area contributed by atoms with Crippen LogP contribution in [0.25, 0.3) is 0 Å². The fraction of sp³-hybridized carbons (Fsp3) is 0.222. The molecule has 0 aliphatic carbocycles. The Hall–Kier alpha value is -3.11. The SMILES string of the molecule is Cc1nc(C(NS(=O)(=O)c2cc([N+](=O)[O-])cc(C)c2C)c2ccccc2)n[nH]1. The van der Waals surface area contributed by atoms with Gasteiger partial charge in [-0.15, -0.1) is 0 Å². The molecule has 0 aliphatic rings. The Morgan fingerprint density at radius 3 is 2.39 bits per heavy atom. The number of nitro benzene ring substituents is 1. The molecule has 3 rings (SSSR count). The summed E-state index contributed by atoms with van der Waals surface area (Å²) in [6.45, 7) is 4.96. The summed E-state index contributed by atoms with van der Waals surface area (Å²) < 4.78 is 28.9. The third kappa shape index (κ3) is 3.92. The van der Waals surface area contributed by atoms with E-state index in [1.807, 2.05) is 6.07 Å². The van der Waals surface area contributed by atoms with Crippen LogP contribution in [0.5, 0.6) is 0 Å². The van der Waals surface area contributed by atoms with Crippen LogP contribution in [-0.4, -0.2) is 28.5 Å². The van der Waals surface area contributed by atoms with Crippen molar-refractivity contribution < 1.29 is 13.3 Å². The molecule has 2 N–H and O–H groups in total. The van der Waals surface area contributed by atoms with E-state index in [2.05, 4.69) is 19.9 Å². The number of hydrogen-bond donors (Lipinski definition) is 2. The molecule has 0 saturated carbocycles. The van der Waals surface area contributed by atoms with Crippen LogP contribution in [0.2, 0.25) is 0 Å². The van der Waals surface area contributed by atoms with E-state index >= 15 is 0 Å². The second kappa shape index (κ2) is 7.49. The first-order chi connectivity index (χ1) is 13.2. The highest BCUT2D eigenvalue weighted by Gasteiger charge is 2.28. The molecule has 1 unspecified atom stereocenters. The van der Waals surface area contributed by atoms with Crippen LogP contribution in [-0.2, 0) is 10.0 Å². The van der Waals surface area contributed by atoms with E-state index in [1.54, 1.807) is 45.0 Å². The maximum Gasteiger partial charge on any atom is 0.271 e. The molecule has 9 nitrogen and oxygen atoms in total. The van der Waals surface area contributed by atoms with E-state index in [0.29, 0.717) is 22.5 Å². The standard InChI is InChI=1S/C18H19N5O4S/c1-11-9-15(23(24)25)10-16(12(11)2)28(26,27)22-17(14-7-5-4-6-8-14)18-19-13(3)20-21-18/h4-10,17,22H,1-3H3,(H,19,20,21). The van der Waals surface area contributed by atoms with Gasteiger partial charge in [0.25, 0.3) is 5.69 Å². The van der Waals surface area contributed by atoms with Crippen LogP contribution >= 0.6 is 0 Å². The molecule has 0 bridgehead atoms. The molecule has 1 heterocycles. The lowest BCUT2D eigenvalue weighted by Gasteiger charge is -2.18. The van der Waals surface area contributed by atoms with E-state index in [1.165, 1.54) is 6.07 Å². The maximum absolute atomic E-state index is 13.1. The number of benzene rings is 2. The smallest absolute Gasteiger partial charge is 0.263 e. The average molecular weight is 401 g/mol. The summed E-state index contributed by atoms with van der Waals surface area (Å²) in [6.07, 6.45) is 0. The van der Waals surface area contributed by atoms with E-state index in [4.69, 9.17) is 0 Å². The predicted octanol–water partition coefficient (Wildman–Crippen LogP) is 2.71. The molecule has 0 spiro atoms. The topological polar surface area (TPSA) is 131 Å². The quantitative estimate of drug-likeness (QED) is 0.482. The summed E-state index contributed by atoms with van der Waals surface area (Å²) in [4.78, 5) is 14.7. The lowest BCUT2D eigenvalue weighted by atomic mass is 10.1. The highest BCUT2D eigenvalue weighted by Crippen LogP contribution is 2.28. The highest BCUT2D eigenvalue weighted by molar-refractivity contribution is 7.89. The van der Waals surface area contributed by atoms with Gasteiger partial charge >= 0.3 is 0 Å². The van der Waals surface area contributed by atoms with Crippen molar-refractivity contribution in [3.05, 3.63) is 80.9 Å². The van der Waals surface area contributed by atoms with Gasteiger partial charge in [-0.2, -0.15) is 9.82 Å².